The molecule has 4 nitrogen and oxygen atoms in total. The number of fused-ring (bicyclic) bond motifs is 1. The van der Waals surface area contributed by atoms with Crippen LogP contribution < -0.4 is 5.73 Å². The van der Waals surface area contributed by atoms with Gasteiger partial charge in [0.25, 0.3) is 0 Å². The van der Waals surface area contributed by atoms with Crippen molar-refractivity contribution in [3.63, 3.8) is 0 Å². The average molecular weight is 341 g/mol. The van der Waals surface area contributed by atoms with E-state index in [0.29, 0.717) is 13.1 Å². The van der Waals surface area contributed by atoms with Crippen molar-refractivity contribution in [2.24, 2.45) is 5.73 Å². The van der Waals surface area contributed by atoms with Gasteiger partial charge in [0.1, 0.15) is 5.60 Å². The van der Waals surface area contributed by atoms with Gasteiger partial charge in [0.05, 0.1) is 6.54 Å². The van der Waals surface area contributed by atoms with Gasteiger partial charge in [0.15, 0.2) is 0 Å². The van der Waals surface area contributed by atoms with Gasteiger partial charge in [0.2, 0.25) is 0 Å². The summed E-state index contributed by atoms with van der Waals surface area (Å²) >= 11 is 3.55. The van der Waals surface area contributed by atoms with Gasteiger partial charge in [-0.3, -0.25) is 0 Å². The lowest BCUT2D eigenvalue weighted by molar-refractivity contribution is 0.0234. The molecule has 1 aromatic rings. The third-order valence-corrected chi connectivity index (χ3v) is 4.01. The summed E-state index contributed by atoms with van der Waals surface area (Å²) in [6, 6.07) is 5.94. The molecule has 0 fully saturated rings. The van der Waals surface area contributed by atoms with Crippen LogP contribution in [0.2, 0.25) is 0 Å². The highest BCUT2D eigenvalue weighted by Crippen LogP contribution is 2.30. The summed E-state index contributed by atoms with van der Waals surface area (Å²) in [6.07, 6.45) is 0.455. The Bertz CT molecular complexity index is 511. The van der Waals surface area contributed by atoms with Gasteiger partial charge < -0.3 is 15.4 Å². The van der Waals surface area contributed by atoms with Crippen molar-refractivity contribution in [2.75, 3.05) is 6.54 Å². The Morgan fingerprint density at radius 2 is 2.15 bits per heavy atom. The van der Waals surface area contributed by atoms with Gasteiger partial charge >= 0.3 is 6.09 Å². The minimum atomic E-state index is -0.484. The van der Waals surface area contributed by atoms with Gasteiger partial charge in [-0.25, -0.2) is 4.79 Å². The summed E-state index contributed by atoms with van der Waals surface area (Å²) in [5.74, 6) is 0. The molecule has 1 aliphatic rings. The number of nitrogens with two attached hydrogens (primary N) is 1. The number of benzene rings is 1. The Balaban J connectivity index is 2.24. The maximum Gasteiger partial charge on any atom is 0.410 e. The van der Waals surface area contributed by atoms with Gasteiger partial charge in [-0.05, 0) is 44.4 Å². The fraction of sp³-hybridized carbons (Fsp3) is 0.533. The fourth-order valence-electron chi connectivity index (χ4n) is 2.29. The summed E-state index contributed by atoms with van der Waals surface area (Å²) in [5.41, 5.74) is 7.90. The molecule has 20 heavy (non-hydrogen) atoms. The Hall–Kier alpha value is -1.07. The van der Waals surface area contributed by atoms with Crippen LogP contribution in [0.25, 0.3) is 0 Å². The maximum absolute atomic E-state index is 12.2. The molecule has 0 spiro atoms. The van der Waals surface area contributed by atoms with Crippen LogP contribution in [-0.2, 0) is 11.3 Å². The molecular formula is C15H21BrN2O2. The van der Waals surface area contributed by atoms with Gasteiger partial charge in [-0.2, -0.15) is 0 Å². The number of halogens is 1. The molecule has 5 heteroatoms. The number of hydrogen-bond donors (Lipinski definition) is 1. The lowest BCUT2D eigenvalue weighted by Crippen LogP contribution is -2.36. The van der Waals surface area contributed by atoms with Crippen LogP contribution in [-0.4, -0.2) is 23.1 Å². The van der Waals surface area contributed by atoms with Crippen LogP contribution in [0.3, 0.4) is 0 Å². The fourth-order valence-corrected chi connectivity index (χ4v) is 2.80. The zero-order valence-electron chi connectivity index (χ0n) is 12.1. The average Bonchev–Trinajstić information content (AvgIpc) is 2.49. The second-order valence-corrected chi connectivity index (χ2v) is 6.96. The number of amides is 1. The predicted molar refractivity (Wildman–Crippen MR) is 82.3 cm³/mol. The Morgan fingerprint density at radius 3 is 2.80 bits per heavy atom. The number of carbonyl (C=O) groups is 1. The van der Waals surface area contributed by atoms with Crippen LogP contribution >= 0.6 is 15.9 Å². The maximum atomic E-state index is 12.2. The zero-order chi connectivity index (χ0) is 14.9. The smallest absolute Gasteiger partial charge is 0.410 e. The van der Waals surface area contributed by atoms with Crippen LogP contribution in [0, 0.1) is 0 Å². The summed E-state index contributed by atoms with van der Waals surface area (Å²) in [4.78, 5) is 14.0. The van der Waals surface area contributed by atoms with Crippen LogP contribution in [0.1, 0.15) is 44.4 Å². The Morgan fingerprint density at radius 1 is 1.45 bits per heavy atom. The third-order valence-electron chi connectivity index (χ3n) is 3.27. The van der Waals surface area contributed by atoms with E-state index in [9.17, 15) is 4.79 Å². The second-order valence-electron chi connectivity index (χ2n) is 6.10. The summed E-state index contributed by atoms with van der Waals surface area (Å²) in [5, 5.41) is 0. The molecule has 0 saturated heterocycles. The molecule has 1 aromatic carbocycles. The molecule has 0 aliphatic carbocycles. The summed E-state index contributed by atoms with van der Waals surface area (Å²) in [7, 11) is 0. The Kier molecular flexibility index (Phi) is 4.39. The van der Waals surface area contributed by atoms with Crippen molar-refractivity contribution in [3.8, 4) is 0 Å². The standard InChI is InChI=1S/C15H21BrN2O2/c1-15(2,3)20-14(19)18-8-7-13(17)10-5-4-6-12(16)11(10)9-18/h4-6,13H,7-9,17H2,1-3H3/t13-/m0/s1. The van der Waals surface area contributed by atoms with E-state index in [-0.39, 0.29) is 12.1 Å². The molecule has 0 radical (unpaired) electrons. The highest BCUT2D eigenvalue weighted by molar-refractivity contribution is 9.10. The highest BCUT2D eigenvalue weighted by Gasteiger charge is 2.27. The predicted octanol–water partition coefficient (Wildman–Crippen LogP) is 3.59. The number of ether oxygens (including phenoxy) is 1. The van der Waals surface area contributed by atoms with Gasteiger partial charge in [0, 0.05) is 17.1 Å². The molecule has 1 amide bonds. The van der Waals surface area contributed by atoms with E-state index < -0.39 is 5.60 Å². The van der Waals surface area contributed by atoms with Crippen molar-refractivity contribution in [3.05, 3.63) is 33.8 Å². The van der Waals surface area contributed by atoms with E-state index in [2.05, 4.69) is 15.9 Å². The molecule has 0 aromatic heterocycles. The van der Waals surface area contributed by atoms with E-state index >= 15 is 0 Å². The first-order valence-electron chi connectivity index (χ1n) is 6.79. The first-order valence-corrected chi connectivity index (χ1v) is 7.58. The zero-order valence-corrected chi connectivity index (χ0v) is 13.7. The monoisotopic (exact) mass is 340 g/mol. The molecule has 1 heterocycles. The van der Waals surface area contributed by atoms with Crippen LogP contribution in [0.15, 0.2) is 22.7 Å². The number of carbonyl (C=O) groups excluding carboxylic acids is 1. The first-order chi connectivity index (χ1) is 9.28. The lowest BCUT2D eigenvalue weighted by Gasteiger charge is -2.26. The van der Waals surface area contributed by atoms with Gasteiger partial charge in [-0.15, -0.1) is 0 Å². The number of rotatable bonds is 0. The normalized spacial score (nSPS) is 19.2. The van der Waals surface area contributed by atoms with Gasteiger partial charge in [-0.1, -0.05) is 28.1 Å². The van der Waals surface area contributed by atoms with Crippen molar-refractivity contribution in [1.29, 1.82) is 0 Å². The molecule has 0 unspecified atom stereocenters. The van der Waals surface area contributed by atoms with Crippen LogP contribution in [0.5, 0.6) is 0 Å². The second kappa shape index (κ2) is 5.74. The largest absolute Gasteiger partial charge is 0.444 e. The van der Waals surface area contributed by atoms with Crippen molar-refractivity contribution < 1.29 is 9.53 Å². The molecule has 2 N–H and O–H groups in total. The molecular weight excluding hydrogens is 320 g/mol. The van der Waals surface area contributed by atoms with E-state index in [1.165, 1.54) is 0 Å². The SMILES string of the molecule is CC(C)(C)OC(=O)N1CC[C@H](N)c2cccc(Br)c2C1. The molecule has 0 saturated carbocycles. The summed E-state index contributed by atoms with van der Waals surface area (Å²) in [6.45, 7) is 6.76. The van der Waals surface area contributed by atoms with Crippen molar-refractivity contribution in [1.82, 2.24) is 4.90 Å². The van der Waals surface area contributed by atoms with Crippen LogP contribution in [0.4, 0.5) is 4.79 Å². The molecule has 0 bridgehead atoms. The number of nitrogens with zero attached hydrogens (tertiary/aromatic N) is 1. The quantitative estimate of drug-likeness (QED) is 0.785. The third kappa shape index (κ3) is 3.52. The van der Waals surface area contributed by atoms with E-state index in [1.54, 1.807) is 4.90 Å². The number of hydrogen-bond acceptors (Lipinski definition) is 3. The van der Waals surface area contributed by atoms with Crippen molar-refractivity contribution >= 4 is 22.0 Å². The Labute approximate surface area is 128 Å². The molecule has 2 rings (SSSR count). The van der Waals surface area contributed by atoms with E-state index in [4.69, 9.17) is 10.5 Å². The first kappa shape index (κ1) is 15.3. The molecule has 110 valence electrons. The van der Waals surface area contributed by atoms with E-state index in [1.807, 2.05) is 39.0 Å². The molecule has 1 aliphatic heterocycles. The van der Waals surface area contributed by atoms with Crippen molar-refractivity contribution in [2.45, 2.75) is 45.4 Å². The summed E-state index contributed by atoms with van der Waals surface area (Å²) < 4.78 is 6.44. The minimum Gasteiger partial charge on any atom is -0.444 e. The lowest BCUT2D eigenvalue weighted by atomic mass is 10.0. The minimum absolute atomic E-state index is 0.0464. The topological polar surface area (TPSA) is 55.6 Å². The molecule has 1 atom stereocenters. The van der Waals surface area contributed by atoms with E-state index in [0.717, 1.165) is 22.0 Å². The highest BCUT2D eigenvalue weighted by atomic mass is 79.9.